The standard InChI is InChI=1S/C12H12ClNO/c1-3-4-5-10-8-11(13)6-7-12(10)14-9(2)15/h3-8H,1H2,2H3,(H,14,15)/b5-4-. The first-order valence-electron chi connectivity index (χ1n) is 4.49. The zero-order valence-corrected chi connectivity index (χ0v) is 9.21. The van der Waals surface area contributed by atoms with Gasteiger partial charge in [0.25, 0.3) is 0 Å². The third-order valence-corrected chi connectivity index (χ3v) is 1.97. The summed E-state index contributed by atoms with van der Waals surface area (Å²) in [5, 5.41) is 3.36. The predicted molar refractivity (Wildman–Crippen MR) is 65.0 cm³/mol. The average Bonchev–Trinajstić information content (AvgIpc) is 2.18. The highest BCUT2D eigenvalue weighted by molar-refractivity contribution is 6.30. The highest BCUT2D eigenvalue weighted by Gasteiger charge is 2.01. The van der Waals surface area contributed by atoms with Gasteiger partial charge in [-0.3, -0.25) is 4.79 Å². The van der Waals surface area contributed by atoms with Gasteiger partial charge in [0, 0.05) is 17.6 Å². The Hall–Kier alpha value is -1.54. The van der Waals surface area contributed by atoms with Gasteiger partial charge in [-0.2, -0.15) is 0 Å². The Kier molecular flexibility index (Phi) is 4.13. The molecule has 0 atom stereocenters. The normalized spacial score (nSPS) is 10.3. The van der Waals surface area contributed by atoms with E-state index in [0.717, 1.165) is 11.3 Å². The SMILES string of the molecule is C=C/C=C\c1cc(Cl)ccc1NC(C)=O. The van der Waals surface area contributed by atoms with Crippen molar-refractivity contribution in [3.63, 3.8) is 0 Å². The molecule has 0 unspecified atom stereocenters. The number of carbonyl (C=O) groups is 1. The van der Waals surface area contributed by atoms with E-state index in [1.54, 1.807) is 30.4 Å². The number of hydrogen-bond acceptors (Lipinski definition) is 1. The molecule has 0 saturated heterocycles. The van der Waals surface area contributed by atoms with Crippen LogP contribution in [-0.2, 0) is 4.79 Å². The van der Waals surface area contributed by atoms with E-state index >= 15 is 0 Å². The zero-order chi connectivity index (χ0) is 11.3. The number of halogens is 1. The van der Waals surface area contributed by atoms with Gasteiger partial charge >= 0.3 is 0 Å². The van der Waals surface area contributed by atoms with Crippen LogP contribution >= 0.6 is 11.6 Å². The molecule has 1 amide bonds. The third-order valence-electron chi connectivity index (χ3n) is 1.74. The second-order valence-corrected chi connectivity index (χ2v) is 3.44. The Morgan fingerprint density at radius 3 is 2.87 bits per heavy atom. The molecule has 0 aromatic heterocycles. The van der Waals surface area contributed by atoms with Crippen LogP contribution in [0.2, 0.25) is 5.02 Å². The fourth-order valence-corrected chi connectivity index (χ4v) is 1.33. The summed E-state index contributed by atoms with van der Waals surface area (Å²) < 4.78 is 0. The first kappa shape index (κ1) is 11.5. The van der Waals surface area contributed by atoms with Crippen LogP contribution in [0.3, 0.4) is 0 Å². The Balaban J connectivity index is 3.07. The fourth-order valence-electron chi connectivity index (χ4n) is 1.15. The van der Waals surface area contributed by atoms with Crippen LogP contribution < -0.4 is 5.32 Å². The van der Waals surface area contributed by atoms with Crippen LogP contribution in [0.25, 0.3) is 6.08 Å². The minimum absolute atomic E-state index is 0.106. The molecule has 78 valence electrons. The summed E-state index contributed by atoms with van der Waals surface area (Å²) in [6, 6.07) is 5.29. The minimum Gasteiger partial charge on any atom is -0.326 e. The molecular formula is C12H12ClNO. The number of rotatable bonds is 3. The van der Waals surface area contributed by atoms with Crippen molar-refractivity contribution in [2.45, 2.75) is 6.92 Å². The summed E-state index contributed by atoms with van der Waals surface area (Å²) in [6.07, 6.45) is 5.29. The van der Waals surface area contributed by atoms with Crippen LogP contribution in [0.4, 0.5) is 5.69 Å². The molecule has 1 rings (SSSR count). The fraction of sp³-hybridized carbons (Fsp3) is 0.0833. The Morgan fingerprint density at radius 1 is 1.53 bits per heavy atom. The first-order valence-corrected chi connectivity index (χ1v) is 4.87. The van der Waals surface area contributed by atoms with E-state index in [1.165, 1.54) is 6.92 Å². The maximum atomic E-state index is 10.9. The average molecular weight is 222 g/mol. The van der Waals surface area contributed by atoms with Gasteiger partial charge in [-0.05, 0) is 23.8 Å². The van der Waals surface area contributed by atoms with Gasteiger partial charge in [-0.25, -0.2) is 0 Å². The number of benzene rings is 1. The lowest BCUT2D eigenvalue weighted by Gasteiger charge is -2.06. The number of nitrogens with one attached hydrogen (secondary N) is 1. The molecule has 0 aliphatic heterocycles. The largest absolute Gasteiger partial charge is 0.326 e. The van der Waals surface area contributed by atoms with Crippen LogP contribution in [-0.4, -0.2) is 5.91 Å². The molecule has 0 saturated carbocycles. The summed E-state index contributed by atoms with van der Waals surface area (Å²) in [5.41, 5.74) is 1.60. The van der Waals surface area contributed by atoms with E-state index < -0.39 is 0 Å². The third kappa shape index (κ3) is 3.60. The molecule has 0 aliphatic rings. The summed E-state index contributed by atoms with van der Waals surface area (Å²) in [5.74, 6) is -0.106. The van der Waals surface area contributed by atoms with Crippen molar-refractivity contribution in [1.29, 1.82) is 0 Å². The number of allylic oxidation sites excluding steroid dienone is 2. The van der Waals surface area contributed by atoms with Gasteiger partial charge in [0.2, 0.25) is 5.91 Å². The highest BCUT2D eigenvalue weighted by Crippen LogP contribution is 2.22. The molecule has 1 aromatic carbocycles. The molecule has 1 N–H and O–H groups in total. The van der Waals surface area contributed by atoms with E-state index in [4.69, 9.17) is 11.6 Å². The lowest BCUT2D eigenvalue weighted by atomic mass is 10.1. The molecule has 0 spiro atoms. The van der Waals surface area contributed by atoms with Crippen molar-refractivity contribution >= 4 is 29.3 Å². The number of hydrogen-bond donors (Lipinski definition) is 1. The molecule has 0 bridgehead atoms. The Bertz CT molecular complexity index is 410. The van der Waals surface area contributed by atoms with E-state index in [2.05, 4.69) is 11.9 Å². The molecule has 0 fully saturated rings. The van der Waals surface area contributed by atoms with Gasteiger partial charge in [0.05, 0.1) is 0 Å². The predicted octanol–water partition coefficient (Wildman–Crippen LogP) is 3.50. The Morgan fingerprint density at radius 2 is 2.27 bits per heavy atom. The minimum atomic E-state index is -0.106. The number of anilines is 1. The van der Waals surface area contributed by atoms with Crippen LogP contribution in [0.15, 0.2) is 36.9 Å². The van der Waals surface area contributed by atoms with E-state index in [9.17, 15) is 4.79 Å². The monoisotopic (exact) mass is 221 g/mol. The van der Waals surface area contributed by atoms with Crippen molar-refractivity contribution in [2.75, 3.05) is 5.32 Å². The van der Waals surface area contributed by atoms with Crippen molar-refractivity contribution in [3.05, 3.63) is 47.5 Å². The topological polar surface area (TPSA) is 29.1 Å². The molecule has 0 aliphatic carbocycles. The van der Waals surface area contributed by atoms with Gasteiger partial charge in [-0.15, -0.1) is 0 Å². The molecule has 1 aromatic rings. The van der Waals surface area contributed by atoms with Crippen molar-refractivity contribution in [3.8, 4) is 0 Å². The van der Waals surface area contributed by atoms with E-state index in [1.807, 2.05) is 6.08 Å². The lowest BCUT2D eigenvalue weighted by molar-refractivity contribution is -0.114. The van der Waals surface area contributed by atoms with Crippen molar-refractivity contribution in [1.82, 2.24) is 0 Å². The molecule has 0 radical (unpaired) electrons. The number of carbonyl (C=O) groups excluding carboxylic acids is 1. The van der Waals surface area contributed by atoms with Gasteiger partial charge in [0.1, 0.15) is 0 Å². The molecule has 3 heteroatoms. The summed E-state index contributed by atoms with van der Waals surface area (Å²) in [7, 11) is 0. The van der Waals surface area contributed by atoms with Gasteiger partial charge in [-0.1, -0.05) is 36.4 Å². The maximum absolute atomic E-state index is 10.9. The summed E-state index contributed by atoms with van der Waals surface area (Å²) in [6.45, 7) is 5.05. The smallest absolute Gasteiger partial charge is 0.221 e. The number of amides is 1. The van der Waals surface area contributed by atoms with Crippen LogP contribution in [0.5, 0.6) is 0 Å². The van der Waals surface area contributed by atoms with Gasteiger partial charge in [0.15, 0.2) is 0 Å². The molecular weight excluding hydrogens is 210 g/mol. The van der Waals surface area contributed by atoms with Gasteiger partial charge < -0.3 is 5.32 Å². The highest BCUT2D eigenvalue weighted by atomic mass is 35.5. The lowest BCUT2D eigenvalue weighted by Crippen LogP contribution is -2.06. The second-order valence-electron chi connectivity index (χ2n) is 3.01. The van der Waals surface area contributed by atoms with Crippen molar-refractivity contribution < 1.29 is 4.79 Å². The summed E-state index contributed by atoms with van der Waals surface area (Å²) in [4.78, 5) is 10.9. The molecule has 0 heterocycles. The second kappa shape index (κ2) is 5.37. The van der Waals surface area contributed by atoms with E-state index in [-0.39, 0.29) is 5.91 Å². The van der Waals surface area contributed by atoms with E-state index in [0.29, 0.717) is 5.02 Å². The quantitative estimate of drug-likeness (QED) is 0.778. The maximum Gasteiger partial charge on any atom is 0.221 e. The molecule has 2 nitrogen and oxygen atoms in total. The van der Waals surface area contributed by atoms with Crippen LogP contribution in [0.1, 0.15) is 12.5 Å². The zero-order valence-electron chi connectivity index (χ0n) is 8.46. The summed E-state index contributed by atoms with van der Waals surface area (Å²) >= 11 is 5.86. The van der Waals surface area contributed by atoms with Crippen LogP contribution in [0, 0.1) is 0 Å². The molecule has 15 heavy (non-hydrogen) atoms. The van der Waals surface area contributed by atoms with Crippen molar-refractivity contribution in [2.24, 2.45) is 0 Å². The first-order chi connectivity index (χ1) is 7.13. The Labute approximate surface area is 94.3 Å².